The standard InChI is InChI=1S/C13H16N4O2S/c1-18-8-9-4-3-5-10(6-9)19-12-7-11(17-14)15-13(16-12)20-2/h3-7H,8,14H2,1-2H3,(H,15,16,17). The molecule has 0 spiro atoms. The van der Waals surface area contributed by atoms with Crippen LogP contribution in [0.15, 0.2) is 35.5 Å². The zero-order valence-corrected chi connectivity index (χ0v) is 12.1. The predicted octanol–water partition coefficient (Wildman–Crippen LogP) is 2.42. The molecule has 1 aromatic heterocycles. The van der Waals surface area contributed by atoms with Crippen molar-refractivity contribution < 1.29 is 9.47 Å². The Bertz CT molecular complexity index is 558. The molecule has 0 amide bonds. The fourth-order valence-electron chi connectivity index (χ4n) is 1.61. The smallest absolute Gasteiger partial charge is 0.225 e. The van der Waals surface area contributed by atoms with Crippen molar-refractivity contribution in [3.63, 3.8) is 0 Å². The lowest BCUT2D eigenvalue weighted by atomic mass is 10.2. The van der Waals surface area contributed by atoms with Crippen molar-refractivity contribution in [2.45, 2.75) is 11.8 Å². The SMILES string of the molecule is COCc1cccc(Oc2cc(NN)nc(SC)n2)c1. The first-order valence-electron chi connectivity index (χ1n) is 5.90. The normalized spacial score (nSPS) is 10.3. The number of aromatic nitrogens is 2. The molecule has 0 aliphatic heterocycles. The number of nitrogens with one attached hydrogen (secondary N) is 1. The molecular weight excluding hydrogens is 276 g/mol. The summed E-state index contributed by atoms with van der Waals surface area (Å²) in [6.07, 6.45) is 1.89. The first kappa shape index (κ1) is 14.6. The van der Waals surface area contributed by atoms with Crippen molar-refractivity contribution in [2.24, 2.45) is 5.84 Å². The van der Waals surface area contributed by atoms with Crippen LogP contribution in [-0.4, -0.2) is 23.3 Å². The van der Waals surface area contributed by atoms with Gasteiger partial charge < -0.3 is 14.9 Å². The molecule has 7 heteroatoms. The second-order valence-corrected chi connectivity index (χ2v) is 4.68. The minimum absolute atomic E-state index is 0.437. The highest BCUT2D eigenvalue weighted by Gasteiger charge is 2.06. The molecule has 20 heavy (non-hydrogen) atoms. The van der Waals surface area contributed by atoms with Gasteiger partial charge in [-0.25, -0.2) is 10.8 Å². The highest BCUT2D eigenvalue weighted by atomic mass is 32.2. The van der Waals surface area contributed by atoms with Gasteiger partial charge in [0.2, 0.25) is 5.88 Å². The van der Waals surface area contributed by atoms with E-state index in [1.165, 1.54) is 11.8 Å². The largest absolute Gasteiger partial charge is 0.439 e. The van der Waals surface area contributed by atoms with E-state index in [1.54, 1.807) is 13.2 Å². The second-order valence-electron chi connectivity index (χ2n) is 3.90. The van der Waals surface area contributed by atoms with E-state index in [0.717, 1.165) is 5.56 Å². The minimum Gasteiger partial charge on any atom is -0.439 e. The number of hydrogen-bond donors (Lipinski definition) is 2. The zero-order chi connectivity index (χ0) is 14.4. The molecule has 2 aromatic rings. The van der Waals surface area contributed by atoms with Gasteiger partial charge in [-0.2, -0.15) is 4.98 Å². The number of nitrogens with zero attached hydrogens (tertiary/aromatic N) is 2. The van der Waals surface area contributed by atoms with Gasteiger partial charge in [0.15, 0.2) is 5.16 Å². The van der Waals surface area contributed by atoms with Crippen molar-refractivity contribution >= 4 is 17.6 Å². The topological polar surface area (TPSA) is 82.3 Å². The summed E-state index contributed by atoms with van der Waals surface area (Å²) in [5.41, 5.74) is 3.52. The Hall–Kier alpha value is -1.83. The van der Waals surface area contributed by atoms with Crippen LogP contribution in [0.3, 0.4) is 0 Å². The molecule has 0 atom stereocenters. The first-order valence-corrected chi connectivity index (χ1v) is 7.13. The number of rotatable bonds is 6. The number of ether oxygens (including phenoxy) is 2. The van der Waals surface area contributed by atoms with Crippen LogP contribution in [-0.2, 0) is 11.3 Å². The second kappa shape index (κ2) is 7.09. The average Bonchev–Trinajstić information content (AvgIpc) is 2.47. The molecule has 106 valence electrons. The average molecular weight is 292 g/mol. The van der Waals surface area contributed by atoms with Crippen molar-refractivity contribution in [1.82, 2.24) is 9.97 Å². The Morgan fingerprint density at radius 3 is 2.85 bits per heavy atom. The highest BCUT2D eigenvalue weighted by Crippen LogP contribution is 2.24. The fourth-order valence-corrected chi connectivity index (χ4v) is 1.98. The number of methoxy groups -OCH3 is 1. The molecule has 1 heterocycles. The molecule has 0 fully saturated rings. The lowest BCUT2D eigenvalue weighted by Gasteiger charge is -2.09. The number of thioether (sulfide) groups is 1. The van der Waals surface area contributed by atoms with Crippen molar-refractivity contribution in [2.75, 3.05) is 18.8 Å². The Labute approximate surface area is 121 Å². The summed E-state index contributed by atoms with van der Waals surface area (Å²) in [5.74, 6) is 7.01. The molecule has 2 rings (SSSR count). The van der Waals surface area contributed by atoms with E-state index in [1.807, 2.05) is 30.5 Å². The van der Waals surface area contributed by atoms with Gasteiger partial charge >= 0.3 is 0 Å². The number of nitrogens with two attached hydrogens (primary N) is 1. The van der Waals surface area contributed by atoms with Crippen LogP contribution in [0.4, 0.5) is 5.82 Å². The van der Waals surface area contributed by atoms with E-state index in [2.05, 4.69) is 15.4 Å². The molecule has 0 unspecified atom stereocenters. The van der Waals surface area contributed by atoms with E-state index in [9.17, 15) is 0 Å². The maximum absolute atomic E-state index is 5.73. The van der Waals surface area contributed by atoms with Gasteiger partial charge in [-0.3, -0.25) is 0 Å². The van der Waals surface area contributed by atoms with E-state index in [4.69, 9.17) is 15.3 Å². The number of anilines is 1. The van der Waals surface area contributed by atoms with Crippen LogP contribution in [0, 0.1) is 0 Å². The van der Waals surface area contributed by atoms with Crippen LogP contribution in [0.25, 0.3) is 0 Å². The van der Waals surface area contributed by atoms with Crippen molar-refractivity contribution in [1.29, 1.82) is 0 Å². The van der Waals surface area contributed by atoms with Gasteiger partial charge in [0.25, 0.3) is 0 Å². The zero-order valence-electron chi connectivity index (χ0n) is 11.3. The minimum atomic E-state index is 0.437. The Kier molecular flexibility index (Phi) is 5.16. The van der Waals surface area contributed by atoms with E-state index in [0.29, 0.717) is 29.2 Å². The number of hydrogen-bond acceptors (Lipinski definition) is 7. The van der Waals surface area contributed by atoms with Crippen LogP contribution < -0.4 is 16.0 Å². The first-order chi connectivity index (χ1) is 9.75. The summed E-state index contributed by atoms with van der Waals surface area (Å²) in [6.45, 7) is 0.534. The monoisotopic (exact) mass is 292 g/mol. The summed E-state index contributed by atoms with van der Waals surface area (Å²) in [7, 11) is 1.65. The molecule has 0 bridgehead atoms. The lowest BCUT2D eigenvalue weighted by Crippen LogP contribution is -2.09. The summed E-state index contributed by atoms with van der Waals surface area (Å²) >= 11 is 1.42. The fraction of sp³-hybridized carbons (Fsp3) is 0.231. The quantitative estimate of drug-likeness (QED) is 0.366. The molecule has 0 saturated heterocycles. The molecule has 0 radical (unpaired) electrons. The number of benzene rings is 1. The third kappa shape index (κ3) is 3.83. The van der Waals surface area contributed by atoms with Gasteiger partial charge in [-0.1, -0.05) is 23.9 Å². The van der Waals surface area contributed by atoms with Crippen molar-refractivity contribution in [3.8, 4) is 11.6 Å². The maximum atomic E-state index is 5.73. The van der Waals surface area contributed by atoms with E-state index in [-0.39, 0.29) is 0 Å². The third-order valence-electron chi connectivity index (χ3n) is 2.44. The molecule has 0 saturated carbocycles. The summed E-state index contributed by atoms with van der Waals surface area (Å²) in [4.78, 5) is 8.45. The van der Waals surface area contributed by atoms with Gasteiger partial charge in [-0.05, 0) is 24.0 Å². The van der Waals surface area contributed by atoms with Crippen LogP contribution in [0.2, 0.25) is 0 Å². The Balaban J connectivity index is 2.22. The molecule has 0 aliphatic rings. The summed E-state index contributed by atoms with van der Waals surface area (Å²) in [5, 5.41) is 0.587. The summed E-state index contributed by atoms with van der Waals surface area (Å²) in [6, 6.07) is 9.27. The Morgan fingerprint density at radius 1 is 1.30 bits per heavy atom. The maximum Gasteiger partial charge on any atom is 0.225 e. The molecule has 1 aromatic carbocycles. The number of hydrazine groups is 1. The molecule has 6 nitrogen and oxygen atoms in total. The molecule has 0 aliphatic carbocycles. The Morgan fingerprint density at radius 2 is 2.15 bits per heavy atom. The van der Waals surface area contributed by atoms with Gasteiger partial charge in [-0.15, -0.1) is 0 Å². The van der Waals surface area contributed by atoms with Crippen LogP contribution in [0.5, 0.6) is 11.6 Å². The van der Waals surface area contributed by atoms with E-state index >= 15 is 0 Å². The van der Waals surface area contributed by atoms with Gasteiger partial charge in [0, 0.05) is 13.2 Å². The van der Waals surface area contributed by atoms with E-state index < -0.39 is 0 Å². The molecule has 3 N–H and O–H groups in total. The number of nitrogen functional groups attached to an aromatic ring is 1. The predicted molar refractivity (Wildman–Crippen MR) is 78.9 cm³/mol. The van der Waals surface area contributed by atoms with Gasteiger partial charge in [0.1, 0.15) is 11.6 Å². The highest BCUT2D eigenvalue weighted by molar-refractivity contribution is 7.98. The van der Waals surface area contributed by atoms with Crippen LogP contribution >= 0.6 is 11.8 Å². The van der Waals surface area contributed by atoms with Crippen LogP contribution in [0.1, 0.15) is 5.56 Å². The molecular formula is C13H16N4O2S. The lowest BCUT2D eigenvalue weighted by molar-refractivity contribution is 0.184. The summed E-state index contributed by atoms with van der Waals surface area (Å²) < 4.78 is 10.8. The third-order valence-corrected chi connectivity index (χ3v) is 2.99. The van der Waals surface area contributed by atoms with Gasteiger partial charge in [0.05, 0.1) is 6.61 Å². The van der Waals surface area contributed by atoms with Crippen molar-refractivity contribution in [3.05, 3.63) is 35.9 Å².